The molecule has 2 aromatic heterocycles. The van der Waals surface area contributed by atoms with Gasteiger partial charge in [0, 0.05) is 21.7 Å². The number of carbonyl (C=O) groups excluding carboxylic acids is 2. The summed E-state index contributed by atoms with van der Waals surface area (Å²) in [5, 5.41) is 12.3. The third-order valence-electron chi connectivity index (χ3n) is 4.61. The first kappa shape index (κ1) is 20.8. The Morgan fingerprint density at radius 2 is 1.87 bits per heavy atom. The molecule has 2 N–H and O–H groups in total. The van der Waals surface area contributed by atoms with Gasteiger partial charge in [0.2, 0.25) is 5.55 Å². The zero-order chi connectivity index (χ0) is 22.0. The largest absolute Gasteiger partial charge is 0.465 e. The van der Waals surface area contributed by atoms with Crippen molar-refractivity contribution >= 4 is 50.8 Å². The minimum atomic E-state index is -0.561. The second-order valence-electron chi connectivity index (χ2n) is 6.73. The highest BCUT2D eigenvalue weighted by Crippen LogP contribution is 2.31. The molecule has 2 heterocycles. The van der Waals surface area contributed by atoms with Gasteiger partial charge in [0.25, 0.3) is 5.91 Å². The number of esters is 1. The number of ether oxygens (including phenoxy) is 1. The van der Waals surface area contributed by atoms with Crippen LogP contribution in [0.25, 0.3) is 11.0 Å². The highest BCUT2D eigenvalue weighted by molar-refractivity contribution is 7.16. The van der Waals surface area contributed by atoms with Crippen molar-refractivity contribution < 1.29 is 18.7 Å². The Labute approximate surface area is 186 Å². The van der Waals surface area contributed by atoms with Crippen molar-refractivity contribution in [1.29, 1.82) is 5.41 Å². The molecular weight excluding hydrogens is 436 g/mol. The molecule has 0 saturated heterocycles. The molecule has 0 radical (unpaired) electrons. The topological polar surface area (TPSA) is 92.4 Å². The monoisotopic (exact) mass is 452 g/mol. The SMILES string of the molecule is COC(=O)c1cc(Cc2ccccc2)sc1NC(=O)c1cc2cc(Cl)ccc2oc1=N. The van der Waals surface area contributed by atoms with Gasteiger partial charge < -0.3 is 14.5 Å². The summed E-state index contributed by atoms with van der Waals surface area (Å²) in [5.41, 5.74) is 1.54. The molecule has 6 nitrogen and oxygen atoms in total. The number of halogens is 1. The van der Waals surface area contributed by atoms with Gasteiger partial charge in [0.1, 0.15) is 16.1 Å². The molecule has 8 heteroatoms. The predicted octanol–water partition coefficient (Wildman–Crippen LogP) is 5.26. The number of benzene rings is 2. The molecule has 1 amide bonds. The number of fused-ring (bicyclic) bond motifs is 1. The van der Waals surface area contributed by atoms with E-state index >= 15 is 0 Å². The van der Waals surface area contributed by atoms with E-state index in [1.807, 2.05) is 30.3 Å². The lowest BCUT2D eigenvalue weighted by molar-refractivity contribution is 0.0602. The Bertz CT molecular complexity index is 1340. The van der Waals surface area contributed by atoms with Crippen LogP contribution in [0, 0.1) is 5.41 Å². The van der Waals surface area contributed by atoms with Crippen molar-refractivity contribution in [2.45, 2.75) is 6.42 Å². The Kier molecular flexibility index (Phi) is 5.88. The van der Waals surface area contributed by atoms with Crippen molar-refractivity contribution in [1.82, 2.24) is 0 Å². The van der Waals surface area contributed by atoms with Gasteiger partial charge in [-0.15, -0.1) is 11.3 Å². The van der Waals surface area contributed by atoms with Gasteiger partial charge >= 0.3 is 5.97 Å². The van der Waals surface area contributed by atoms with Crippen LogP contribution in [0.1, 0.15) is 31.2 Å². The summed E-state index contributed by atoms with van der Waals surface area (Å²) in [4.78, 5) is 26.1. The molecule has 156 valence electrons. The molecule has 2 aromatic carbocycles. The van der Waals surface area contributed by atoms with E-state index in [1.165, 1.54) is 18.4 Å². The van der Waals surface area contributed by atoms with Crippen LogP contribution in [-0.2, 0) is 11.2 Å². The van der Waals surface area contributed by atoms with Crippen LogP contribution in [0.3, 0.4) is 0 Å². The summed E-state index contributed by atoms with van der Waals surface area (Å²) in [6.07, 6.45) is 0.610. The molecule has 4 rings (SSSR count). The van der Waals surface area contributed by atoms with Crippen molar-refractivity contribution in [3.63, 3.8) is 0 Å². The number of carbonyl (C=O) groups is 2. The zero-order valence-corrected chi connectivity index (χ0v) is 18.0. The first-order valence-corrected chi connectivity index (χ1v) is 10.5. The van der Waals surface area contributed by atoms with E-state index in [2.05, 4.69) is 5.32 Å². The minimum absolute atomic E-state index is 0.0311. The highest BCUT2D eigenvalue weighted by Gasteiger charge is 2.21. The average Bonchev–Trinajstić information content (AvgIpc) is 3.15. The molecule has 0 bridgehead atoms. The summed E-state index contributed by atoms with van der Waals surface area (Å²) in [7, 11) is 1.29. The number of amides is 1. The molecule has 0 aliphatic heterocycles. The predicted molar refractivity (Wildman–Crippen MR) is 120 cm³/mol. The number of hydrogen-bond acceptors (Lipinski definition) is 6. The molecule has 0 aliphatic carbocycles. The van der Waals surface area contributed by atoms with Gasteiger partial charge in [-0.2, -0.15) is 0 Å². The standard InChI is InChI=1S/C23H17ClN2O4S/c1-29-23(28)18-12-16(9-13-5-3-2-4-6-13)31-22(18)26-21(27)17-11-14-10-15(24)7-8-19(14)30-20(17)25/h2-8,10-12,25H,9H2,1H3,(H,26,27). The smallest absolute Gasteiger partial charge is 0.340 e. The highest BCUT2D eigenvalue weighted by atomic mass is 35.5. The van der Waals surface area contributed by atoms with E-state index in [9.17, 15) is 9.59 Å². The molecule has 31 heavy (non-hydrogen) atoms. The van der Waals surface area contributed by atoms with E-state index in [-0.39, 0.29) is 16.7 Å². The summed E-state index contributed by atoms with van der Waals surface area (Å²) >= 11 is 7.31. The Balaban J connectivity index is 1.67. The molecule has 0 atom stereocenters. The normalized spacial score (nSPS) is 10.8. The lowest BCUT2D eigenvalue weighted by atomic mass is 10.1. The van der Waals surface area contributed by atoms with E-state index in [0.29, 0.717) is 27.4 Å². The third-order valence-corrected chi connectivity index (χ3v) is 5.90. The van der Waals surface area contributed by atoms with Crippen LogP contribution < -0.4 is 10.9 Å². The van der Waals surface area contributed by atoms with E-state index in [0.717, 1.165) is 10.4 Å². The average molecular weight is 453 g/mol. The summed E-state index contributed by atoms with van der Waals surface area (Å²) in [6.45, 7) is 0. The minimum Gasteiger partial charge on any atom is -0.465 e. The van der Waals surface area contributed by atoms with Crippen molar-refractivity contribution in [3.8, 4) is 0 Å². The summed E-state index contributed by atoms with van der Waals surface area (Å²) < 4.78 is 10.3. The van der Waals surface area contributed by atoms with Gasteiger partial charge in [-0.25, -0.2) is 4.79 Å². The van der Waals surface area contributed by atoms with Gasteiger partial charge in [-0.05, 0) is 35.9 Å². The Hall–Kier alpha value is -3.42. The van der Waals surface area contributed by atoms with E-state index in [1.54, 1.807) is 30.3 Å². The number of rotatable bonds is 5. The second-order valence-corrected chi connectivity index (χ2v) is 8.31. The molecule has 0 spiro atoms. The number of anilines is 1. The van der Waals surface area contributed by atoms with E-state index in [4.69, 9.17) is 26.2 Å². The number of methoxy groups -OCH3 is 1. The van der Waals surface area contributed by atoms with E-state index < -0.39 is 11.9 Å². The molecule has 0 fully saturated rings. The van der Waals surface area contributed by atoms with Gasteiger partial charge in [-0.1, -0.05) is 41.9 Å². The maximum Gasteiger partial charge on any atom is 0.340 e. The second kappa shape index (κ2) is 8.75. The maximum absolute atomic E-state index is 12.9. The number of nitrogens with one attached hydrogen (secondary N) is 2. The number of hydrogen-bond donors (Lipinski definition) is 2. The molecule has 0 saturated carbocycles. The van der Waals surface area contributed by atoms with Crippen LogP contribution in [0.15, 0.2) is 65.1 Å². The Morgan fingerprint density at radius 1 is 1.10 bits per heavy atom. The lowest BCUT2D eigenvalue weighted by Gasteiger charge is -2.06. The van der Waals surface area contributed by atoms with Crippen molar-refractivity contribution in [2.24, 2.45) is 0 Å². The van der Waals surface area contributed by atoms with Crippen molar-refractivity contribution in [3.05, 3.63) is 92.8 Å². The van der Waals surface area contributed by atoms with Crippen LogP contribution in [0.2, 0.25) is 5.02 Å². The van der Waals surface area contributed by atoms with Crippen molar-refractivity contribution in [2.75, 3.05) is 12.4 Å². The van der Waals surface area contributed by atoms with Gasteiger partial charge in [0.15, 0.2) is 0 Å². The van der Waals surface area contributed by atoms with Crippen LogP contribution in [0.4, 0.5) is 5.00 Å². The van der Waals surface area contributed by atoms with Crippen LogP contribution in [-0.4, -0.2) is 19.0 Å². The Morgan fingerprint density at radius 3 is 2.61 bits per heavy atom. The molecular formula is C23H17ClN2O4S. The first-order chi connectivity index (χ1) is 14.9. The van der Waals surface area contributed by atoms with Gasteiger partial charge in [0.05, 0.1) is 12.7 Å². The van der Waals surface area contributed by atoms with Crippen LogP contribution >= 0.6 is 22.9 Å². The third kappa shape index (κ3) is 4.52. The maximum atomic E-state index is 12.9. The summed E-state index contributed by atoms with van der Waals surface area (Å²) in [5.74, 6) is -1.11. The number of thiophene rings is 1. The fourth-order valence-corrected chi connectivity index (χ4v) is 4.39. The van der Waals surface area contributed by atoms with Gasteiger partial charge in [-0.3, -0.25) is 10.2 Å². The summed E-state index contributed by atoms with van der Waals surface area (Å²) in [6, 6.07) is 18.0. The molecule has 0 unspecified atom stereocenters. The quantitative estimate of drug-likeness (QED) is 0.404. The molecule has 4 aromatic rings. The first-order valence-electron chi connectivity index (χ1n) is 9.29. The fourth-order valence-electron chi connectivity index (χ4n) is 3.13. The molecule has 0 aliphatic rings. The zero-order valence-electron chi connectivity index (χ0n) is 16.4. The fraction of sp³-hybridized carbons (Fsp3) is 0.0870. The van der Waals surface area contributed by atoms with Crippen LogP contribution in [0.5, 0.6) is 0 Å². The lowest BCUT2D eigenvalue weighted by Crippen LogP contribution is -2.21.